The van der Waals surface area contributed by atoms with Crippen molar-refractivity contribution < 1.29 is 98.4 Å². The van der Waals surface area contributed by atoms with Gasteiger partial charge in [-0.25, -0.2) is 9.13 Å². The van der Waals surface area contributed by atoms with Crippen molar-refractivity contribution in [1.82, 2.24) is 0 Å². The normalized spacial score (nSPS) is 26.5. The molecule has 0 aromatic carbocycles. The van der Waals surface area contributed by atoms with Crippen LogP contribution in [0.5, 0.6) is 0 Å². The van der Waals surface area contributed by atoms with Gasteiger partial charge in [-0.15, -0.1) is 0 Å². The second-order valence-corrected chi connectivity index (χ2v) is 5.75. The van der Waals surface area contributed by atoms with Crippen LogP contribution in [0.25, 0.3) is 0 Å². The summed E-state index contributed by atoms with van der Waals surface area (Å²) in [6.45, 7) is -4.82. The molecule has 1 heterocycles. The lowest BCUT2D eigenvalue weighted by molar-refractivity contribution is -0.524. The van der Waals surface area contributed by atoms with Crippen LogP contribution in [-0.2, 0) is 23.7 Å². The van der Waals surface area contributed by atoms with Crippen LogP contribution in [-0.4, -0.2) is 67.2 Å². The minimum atomic E-state index is -8.03. The Bertz CT molecular complexity index is 727. The molecule has 2 atom stereocenters. The highest BCUT2D eigenvalue weighted by atomic mass is 19.4. The fourth-order valence-electron chi connectivity index (χ4n) is 2.01. The molecule has 0 aromatic heterocycles. The third kappa shape index (κ3) is 4.23. The molecule has 1 rings (SSSR count). The molecule has 0 radical (unpaired) electrons. The molecule has 33 heavy (non-hydrogen) atoms. The number of hydrogen-bond acceptors (Lipinski definition) is 5. The number of ether oxygens (including phenoxy) is 4. The predicted molar refractivity (Wildman–Crippen MR) is 58.7 cm³/mol. The SMILES string of the molecule is O=COC(F)(F)C1(C(F)(F)F)OCC(F)(C(F)(F)OC(F)(F)C(F)(C(F)(F)F)C(F)(F)F)O1. The van der Waals surface area contributed by atoms with Gasteiger partial charge < -0.3 is 9.47 Å². The van der Waals surface area contributed by atoms with E-state index in [0.29, 0.717) is 0 Å². The molecule has 0 saturated carbocycles. The third-order valence-corrected chi connectivity index (χ3v) is 3.59. The van der Waals surface area contributed by atoms with E-state index in [1.54, 1.807) is 4.74 Å². The zero-order valence-corrected chi connectivity index (χ0v) is 14.3. The summed E-state index contributed by atoms with van der Waals surface area (Å²) in [7, 11) is 0. The fourth-order valence-corrected chi connectivity index (χ4v) is 2.01. The molecule has 0 amide bonds. The van der Waals surface area contributed by atoms with Crippen molar-refractivity contribution in [2.75, 3.05) is 6.61 Å². The Morgan fingerprint density at radius 3 is 1.48 bits per heavy atom. The molecule has 5 nitrogen and oxygen atoms in total. The van der Waals surface area contributed by atoms with E-state index in [-0.39, 0.29) is 0 Å². The van der Waals surface area contributed by atoms with Gasteiger partial charge in [0.2, 0.25) is 0 Å². The molecular weight excluding hydrogens is 535 g/mol. The molecule has 1 fully saturated rings. The van der Waals surface area contributed by atoms with Gasteiger partial charge in [-0.1, -0.05) is 0 Å². The van der Waals surface area contributed by atoms with Gasteiger partial charge in [-0.05, 0) is 0 Å². The summed E-state index contributed by atoms with van der Waals surface area (Å²) in [5, 5.41) is 0. The number of carbonyl (C=O) groups is 1. The number of carbonyl (C=O) groups excluding carboxylic acids is 1. The summed E-state index contributed by atoms with van der Waals surface area (Å²) in [6, 6.07) is 0. The second kappa shape index (κ2) is 7.58. The Morgan fingerprint density at radius 1 is 0.727 bits per heavy atom. The molecule has 0 aliphatic carbocycles. The standard InChI is InChI=1S/C11H3F17O5/c12-3(1-30-5(32-3,8(20,21)22)11(27,28)31-2-29)9(23,24)33-10(25,26)4(13,6(14,15)16)7(17,18)19/h2H,1H2. The van der Waals surface area contributed by atoms with Crippen molar-refractivity contribution >= 4 is 6.47 Å². The lowest BCUT2D eigenvalue weighted by Gasteiger charge is -2.39. The van der Waals surface area contributed by atoms with Gasteiger partial charge in [0.25, 0.3) is 6.47 Å². The number of hydrogen-bond donors (Lipinski definition) is 0. The molecule has 1 aliphatic rings. The van der Waals surface area contributed by atoms with Crippen molar-refractivity contribution in [2.45, 2.75) is 54.2 Å². The lowest BCUT2D eigenvalue weighted by atomic mass is 10.0. The highest BCUT2D eigenvalue weighted by Crippen LogP contribution is 2.60. The van der Waals surface area contributed by atoms with Crippen molar-refractivity contribution in [2.24, 2.45) is 0 Å². The smallest absolute Gasteiger partial charge is 0.399 e. The van der Waals surface area contributed by atoms with Crippen molar-refractivity contribution in [3.8, 4) is 0 Å². The molecule has 2 unspecified atom stereocenters. The summed E-state index contributed by atoms with van der Waals surface area (Å²) in [5.74, 6) is -12.3. The van der Waals surface area contributed by atoms with Gasteiger partial charge in [0.15, 0.2) is 0 Å². The molecule has 0 N–H and O–H groups in total. The summed E-state index contributed by atoms with van der Waals surface area (Å²) in [5.41, 5.74) is -8.03. The fraction of sp³-hybridized carbons (Fsp3) is 0.909. The molecule has 196 valence electrons. The van der Waals surface area contributed by atoms with Gasteiger partial charge >= 0.3 is 54.2 Å². The summed E-state index contributed by atoms with van der Waals surface area (Å²) in [4.78, 5) is 9.89. The summed E-state index contributed by atoms with van der Waals surface area (Å²) < 4.78 is 231. The van der Waals surface area contributed by atoms with Crippen molar-refractivity contribution in [1.29, 1.82) is 0 Å². The average molecular weight is 538 g/mol. The van der Waals surface area contributed by atoms with E-state index in [1.807, 2.05) is 0 Å². The van der Waals surface area contributed by atoms with Crippen molar-refractivity contribution in [3.05, 3.63) is 0 Å². The highest BCUT2D eigenvalue weighted by Gasteiger charge is 2.89. The number of alkyl halides is 17. The Morgan fingerprint density at radius 2 is 1.15 bits per heavy atom. The minimum absolute atomic E-state index is 1.51. The van der Waals surface area contributed by atoms with Crippen LogP contribution in [0.15, 0.2) is 0 Å². The van der Waals surface area contributed by atoms with Crippen LogP contribution < -0.4 is 0 Å². The van der Waals surface area contributed by atoms with E-state index in [9.17, 15) is 79.4 Å². The van der Waals surface area contributed by atoms with Crippen LogP contribution >= 0.6 is 0 Å². The first-order valence-corrected chi connectivity index (χ1v) is 7.05. The Kier molecular flexibility index (Phi) is 6.71. The number of rotatable bonds is 7. The molecule has 0 aromatic rings. The largest absolute Gasteiger partial charge is 0.466 e. The van der Waals surface area contributed by atoms with E-state index < -0.39 is 67.2 Å². The summed E-state index contributed by atoms with van der Waals surface area (Å²) >= 11 is 0. The number of halogens is 17. The van der Waals surface area contributed by atoms with Crippen LogP contribution in [0.1, 0.15) is 0 Å². The molecular formula is C11H3F17O5. The molecule has 22 heteroatoms. The van der Waals surface area contributed by atoms with E-state index >= 15 is 0 Å². The van der Waals surface area contributed by atoms with Crippen LogP contribution in [0.2, 0.25) is 0 Å². The van der Waals surface area contributed by atoms with E-state index in [0.717, 1.165) is 0 Å². The molecule has 0 spiro atoms. The predicted octanol–water partition coefficient (Wildman–Crippen LogP) is 4.76. The zero-order chi connectivity index (χ0) is 26.7. The molecule has 1 aliphatic heterocycles. The lowest BCUT2D eigenvalue weighted by Crippen LogP contribution is -2.68. The first-order chi connectivity index (χ1) is 14.2. The van der Waals surface area contributed by atoms with E-state index in [4.69, 9.17) is 0 Å². The summed E-state index contributed by atoms with van der Waals surface area (Å²) in [6.07, 6.45) is -43.9. The van der Waals surface area contributed by atoms with Gasteiger partial charge in [-0.3, -0.25) is 9.53 Å². The monoisotopic (exact) mass is 538 g/mol. The first-order valence-electron chi connectivity index (χ1n) is 7.05. The van der Waals surface area contributed by atoms with E-state index in [1.165, 1.54) is 0 Å². The topological polar surface area (TPSA) is 54.0 Å². The van der Waals surface area contributed by atoms with Gasteiger partial charge in [0.1, 0.15) is 6.61 Å². The van der Waals surface area contributed by atoms with Gasteiger partial charge in [-0.2, -0.15) is 70.2 Å². The first kappa shape index (κ1) is 29.2. The van der Waals surface area contributed by atoms with Crippen molar-refractivity contribution in [3.63, 3.8) is 0 Å². The maximum atomic E-state index is 14.2. The van der Waals surface area contributed by atoms with Crippen LogP contribution in [0.4, 0.5) is 74.6 Å². The maximum absolute atomic E-state index is 14.2. The minimum Gasteiger partial charge on any atom is -0.399 e. The van der Waals surface area contributed by atoms with Gasteiger partial charge in [0.05, 0.1) is 0 Å². The Balaban J connectivity index is 3.53. The highest BCUT2D eigenvalue weighted by molar-refractivity contribution is 5.38. The van der Waals surface area contributed by atoms with Crippen LogP contribution in [0, 0.1) is 0 Å². The third-order valence-electron chi connectivity index (χ3n) is 3.59. The second-order valence-electron chi connectivity index (χ2n) is 5.75. The Hall–Kier alpha value is -1.84. The molecule has 0 bridgehead atoms. The zero-order valence-electron chi connectivity index (χ0n) is 14.3. The van der Waals surface area contributed by atoms with E-state index in [2.05, 4.69) is 14.2 Å². The Labute approximate surface area is 167 Å². The maximum Gasteiger partial charge on any atom is 0.466 e. The van der Waals surface area contributed by atoms with Gasteiger partial charge in [0, 0.05) is 0 Å². The average Bonchev–Trinajstić information content (AvgIpc) is 2.92. The van der Waals surface area contributed by atoms with Crippen LogP contribution in [0.3, 0.4) is 0 Å². The quantitative estimate of drug-likeness (QED) is 0.346. The molecule has 1 saturated heterocycles.